The van der Waals surface area contributed by atoms with E-state index >= 15 is 0 Å². The Labute approximate surface area is 135 Å². The molecule has 6 nitrogen and oxygen atoms in total. The summed E-state index contributed by atoms with van der Waals surface area (Å²) in [6, 6.07) is 7.41. The van der Waals surface area contributed by atoms with Gasteiger partial charge < -0.3 is 20.9 Å². The number of nitrogens with one attached hydrogen (secondary N) is 3. The van der Waals surface area contributed by atoms with Crippen LogP contribution in [0.1, 0.15) is 24.8 Å². The fraction of sp³-hybridized carbons (Fsp3) is 0.412. The summed E-state index contributed by atoms with van der Waals surface area (Å²) in [5.41, 5.74) is 1.67. The van der Waals surface area contributed by atoms with Crippen molar-refractivity contribution >= 4 is 17.7 Å². The molecule has 1 aliphatic heterocycles. The fourth-order valence-corrected chi connectivity index (χ4v) is 2.91. The molecule has 23 heavy (non-hydrogen) atoms. The number of urea groups is 2. The van der Waals surface area contributed by atoms with Crippen LogP contribution in [-0.4, -0.2) is 36.1 Å². The van der Waals surface area contributed by atoms with E-state index in [2.05, 4.69) is 22.0 Å². The molecule has 0 aromatic heterocycles. The molecular weight excluding hydrogens is 292 g/mol. The second-order valence-corrected chi connectivity index (χ2v) is 5.87. The third kappa shape index (κ3) is 4.03. The Morgan fingerprint density at radius 1 is 1.35 bits per heavy atom. The lowest BCUT2D eigenvalue weighted by molar-refractivity contribution is 0.215. The fourth-order valence-electron chi connectivity index (χ4n) is 2.91. The number of amides is 4. The summed E-state index contributed by atoms with van der Waals surface area (Å²) >= 11 is 0. The second-order valence-electron chi connectivity index (χ2n) is 5.87. The van der Waals surface area contributed by atoms with E-state index in [1.54, 1.807) is 4.90 Å². The summed E-state index contributed by atoms with van der Waals surface area (Å²) in [7, 11) is 0. The van der Waals surface area contributed by atoms with Crippen molar-refractivity contribution in [1.82, 2.24) is 15.5 Å². The van der Waals surface area contributed by atoms with E-state index in [9.17, 15) is 9.59 Å². The number of rotatable bonds is 4. The van der Waals surface area contributed by atoms with E-state index in [-0.39, 0.29) is 18.1 Å². The average molecular weight is 314 g/mol. The average Bonchev–Trinajstić information content (AvgIpc) is 2.95. The first-order chi connectivity index (χ1) is 11.2. The molecule has 0 unspecified atom stereocenters. The summed E-state index contributed by atoms with van der Waals surface area (Å²) in [5, 5.41) is 8.66. The quantitative estimate of drug-likeness (QED) is 0.747. The maximum Gasteiger partial charge on any atom is 0.319 e. The van der Waals surface area contributed by atoms with Gasteiger partial charge in [-0.2, -0.15) is 0 Å². The third-order valence-corrected chi connectivity index (χ3v) is 4.14. The molecule has 1 saturated heterocycles. The van der Waals surface area contributed by atoms with Gasteiger partial charge in [-0.1, -0.05) is 30.4 Å². The molecule has 0 saturated carbocycles. The van der Waals surface area contributed by atoms with Gasteiger partial charge in [0, 0.05) is 31.4 Å². The van der Waals surface area contributed by atoms with Gasteiger partial charge in [0.1, 0.15) is 0 Å². The first-order valence-electron chi connectivity index (χ1n) is 8.07. The highest BCUT2D eigenvalue weighted by molar-refractivity contribution is 5.90. The van der Waals surface area contributed by atoms with Crippen LogP contribution >= 0.6 is 0 Å². The van der Waals surface area contributed by atoms with Crippen molar-refractivity contribution in [1.29, 1.82) is 0 Å². The largest absolute Gasteiger partial charge is 0.336 e. The molecule has 122 valence electrons. The van der Waals surface area contributed by atoms with E-state index in [0.717, 1.165) is 30.5 Å². The Bertz CT molecular complexity index is 614. The zero-order valence-electron chi connectivity index (χ0n) is 13.0. The van der Waals surface area contributed by atoms with Crippen LogP contribution in [0.15, 0.2) is 36.4 Å². The Hall–Kier alpha value is -2.50. The summed E-state index contributed by atoms with van der Waals surface area (Å²) < 4.78 is 0. The Morgan fingerprint density at radius 2 is 2.22 bits per heavy atom. The lowest BCUT2D eigenvalue weighted by Gasteiger charge is -2.20. The Kier molecular flexibility index (Phi) is 4.80. The molecule has 1 aromatic carbocycles. The summed E-state index contributed by atoms with van der Waals surface area (Å²) in [6.07, 6.45) is 7.31. The van der Waals surface area contributed by atoms with Gasteiger partial charge in [-0.25, -0.2) is 9.59 Å². The summed E-state index contributed by atoms with van der Waals surface area (Å²) in [5.74, 6) is 0. The first-order valence-corrected chi connectivity index (χ1v) is 8.07. The van der Waals surface area contributed by atoms with Crippen molar-refractivity contribution < 1.29 is 9.59 Å². The number of allylic oxidation sites excluding steroid dienone is 1. The van der Waals surface area contributed by atoms with Gasteiger partial charge in [0.05, 0.1) is 0 Å². The minimum atomic E-state index is -0.208. The van der Waals surface area contributed by atoms with Crippen LogP contribution in [-0.2, 0) is 6.54 Å². The number of hydrogen-bond donors (Lipinski definition) is 3. The monoisotopic (exact) mass is 314 g/mol. The summed E-state index contributed by atoms with van der Waals surface area (Å²) in [6.45, 7) is 1.85. The number of nitrogens with zero attached hydrogens (tertiary/aromatic N) is 1. The first kappa shape index (κ1) is 15.4. The van der Waals surface area contributed by atoms with Crippen LogP contribution in [0, 0.1) is 0 Å². The van der Waals surface area contributed by atoms with E-state index in [0.29, 0.717) is 19.6 Å². The SMILES string of the molecule is O=C(Nc1ccccc1CN1CCNC1=O)N[C@H]1C=CCCC1. The third-order valence-electron chi connectivity index (χ3n) is 4.14. The molecule has 0 bridgehead atoms. The Morgan fingerprint density at radius 3 is 2.96 bits per heavy atom. The highest BCUT2D eigenvalue weighted by atomic mass is 16.2. The number of anilines is 1. The molecule has 0 spiro atoms. The van der Waals surface area contributed by atoms with Gasteiger partial charge in [0.15, 0.2) is 0 Å². The number of hydrogen-bond acceptors (Lipinski definition) is 2. The van der Waals surface area contributed by atoms with E-state index in [1.807, 2.05) is 30.3 Å². The maximum atomic E-state index is 12.2. The minimum Gasteiger partial charge on any atom is -0.336 e. The van der Waals surface area contributed by atoms with Crippen LogP contribution in [0.5, 0.6) is 0 Å². The summed E-state index contributed by atoms with van der Waals surface area (Å²) in [4.78, 5) is 25.6. The number of para-hydroxylation sites is 1. The van der Waals surface area contributed by atoms with Gasteiger partial charge in [0.25, 0.3) is 0 Å². The van der Waals surface area contributed by atoms with Crippen molar-refractivity contribution in [3.63, 3.8) is 0 Å². The highest BCUT2D eigenvalue weighted by Crippen LogP contribution is 2.18. The molecule has 6 heteroatoms. The van der Waals surface area contributed by atoms with Crippen LogP contribution in [0.3, 0.4) is 0 Å². The van der Waals surface area contributed by atoms with Crippen molar-refractivity contribution in [3.8, 4) is 0 Å². The van der Waals surface area contributed by atoms with Gasteiger partial charge in [-0.15, -0.1) is 0 Å². The molecule has 1 fully saturated rings. The number of benzene rings is 1. The van der Waals surface area contributed by atoms with Crippen LogP contribution < -0.4 is 16.0 Å². The molecule has 4 amide bonds. The molecular formula is C17H22N4O2. The second kappa shape index (κ2) is 7.17. The lowest BCUT2D eigenvalue weighted by atomic mass is 10.0. The van der Waals surface area contributed by atoms with Crippen molar-refractivity contribution in [3.05, 3.63) is 42.0 Å². The predicted molar refractivity (Wildman–Crippen MR) is 89.2 cm³/mol. The predicted octanol–water partition coefficient (Wildman–Crippen LogP) is 2.44. The van der Waals surface area contributed by atoms with E-state index in [4.69, 9.17) is 0 Å². The smallest absolute Gasteiger partial charge is 0.319 e. The zero-order chi connectivity index (χ0) is 16.1. The number of carbonyl (C=O) groups is 2. The van der Waals surface area contributed by atoms with E-state index in [1.165, 1.54) is 0 Å². The van der Waals surface area contributed by atoms with Crippen molar-refractivity contribution in [2.75, 3.05) is 18.4 Å². The van der Waals surface area contributed by atoms with Gasteiger partial charge >= 0.3 is 12.1 Å². The minimum absolute atomic E-state index is 0.0587. The van der Waals surface area contributed by atoms with Crippen molar-refractivity contribution in [2.45, 2.75) is 31.8 Å². The molecule has 2 aliphatic rings. The van der Waals surface area contributed by atoms with Gasteiger partial charge in [-0.3, -0.25) is 0 Å². The van der Waals surface area contributed by atoms with Crippen molar-refractivity contribution in [2.24, 2.45) is 0 Å². The van der Waals surface area contributed by atoms with Crippen LogP contribution in [0.25, 0.3) is 0 Å². The van der Waals surface area contributed by atoms with Gasteiger partial charge in [-0.05, 0) is 30.9 Å². The molecule has 1 heterocycles. The standard InChI is InChI=1S/C17H22N4O2/c22-16(19-14-7-2-1-3-8-14)20-15-9-5-4-6-13(15)12-21-11-10-18-17(21)23/h2,4-7,9,14H,1,3,8,10-12H2,(H,18,23)(H2,19,20,22)/t14-/m0/s1. The molecule has 1 atom stereocenters. The molecule has 3 rings (SSSR count). The maximum absolute atomic E-state index is 12.2. The molecule has 1 aromatic rings. The molecule has 1 aliphatic carbocycles. The lowest BCUT2D eigenvalue weighted by Crippen LogP contribution is -2.37. The van der Waals surface area contributed by atoms with E-state index < -0.39 is 0 Å². The highest BCUT2D eigenvalue weighted by Gasteiger charge is 2.21. The molecule has 3 N–H and O–H groups in total. The number of carbonyl (C=O) groups excluding carboxylic acids is 2. The zero-order valence-corrected chi connectivity index (χ0v) is 13.0. The normalized spacial score (nSPS) is 20.3. The molecule has 0 radical (unpaired) electrons. The van der Waals surface area contributed by atoms with Crippen LogP contribution in [0.2, 0.25) is 0 Å². The Balaban J connectivity index is 1.62. The van der Waals surface area contributed by atoms with Crippen LogP contribution in [0.4, 0.5) is 15.3 Å². The topological polar surface area (TPSA) is 73.5 Å². The van der Waals surface area contributed by atoms with Gasteiger partial charge in [0.2, 0.25) is 0 Å².